The Morgan fingerprint density at radius 3 is 2.56 bits per heavy atom. The number of amides is 1. The number of nitrogens with zero attached hydrogens (tertiary/aromatic N) is 2. The first kappa shape index (κ1) is 22.3. The maximum atomic E-state index is 13.2. The summed E-state index contributed by atoms with van der Waals surface area (Å²) in [5, 5.41) is 10.3. The van der Waals surface area contributed by atoms with Gasteiger partial charge in [-0.05, 0) is 69.1 Å². The Morgan fingerprint density at radius 2 is 1.88 bits per heavy atom. The molecule has 6 nitrogen and oxygen atoms in total. The van der Waals surface area contributed by atoms with Gasteiger partial charge in [-0.15, -0.1) is 0 Å². The molecule has 1 N–H and O–H groups in total. The number of aromatic hydroxyl groups is 1. The van der Waals surface area contributed by atoms with Crippen LogP contribution in [0.4, 0.5) is 0 Å². The number of esters is 1. The van der Waals surface area contributed by atoms with Gasteiger partial charge in [-0.2, -0.15) is 0 Å². The monoisotopic (exact) mass is 436 g/mol. The number of hydrogen-bond acceptors (Lipinski definition) is 5. The molecule has 1 saturated carbocycles. The summed E-state index contributed by atoms with van der Waals surface area (Å²) < 4.78 is 6.16. The molecule has 1 amide bonds. The lowest BCUT2D eigenvalue weighted by atomic mass is 9.55. The molecule has 170 valence electrons. The number of phenols is 1. The third-order valence-electron chi connectivity index (χ3n) is 7.41. The molecule has 1 aliphatic carbocycles. The summed E-state index contributed by atoms with van der Waals surface area (Å²) >= 11 is 0. The van der Waals surface area contributed by atoms with Gasteiger partial charge >= 0.3 is 5.97 Å². The van der Waals surface area contributed by atoms with E-state index in [4.69, 9.17) is 4.74 Å². The number of rotatable bonds is 4. The minimum Gasteiger partial charge on any atom is -0.508 e. The highest BCUT2D eigenvalue weighted by Gasteiger charge is 2.61. The zero-order valence-electron chi connectivity index (χ0n) is 19.1. The van der Waals surface area contributed by atoms with Gasteiger partial charge in [-0.1, -0.05) is 30.3 Å². The summed E-state index contributed by atoms with van der Waals surface area (Å²) in [7, 11) is 3.92. The van der Waals surface area contributed by atoms with E-state index in [2.05, 4.69) is 11.9 Å². The molecule has 4 rings (SSSR count). The van der Waals surface area contributed by atoms with Gasteiger partial charge in [0.05, 0.1) is 0 Å². The molecule has 1 aliphatic heterocycles. The number of likely N-dealkylation sites (N-methyl/N-ethyl adjacent to an activating group) is 1. The molecule has 2 fully saturated rings. The van der Waals surface area contributed by atoms with Crippen molar-refractivity contribution >= 4 is 11.9 Å². The van der Waals surface area contributed by atoms with Crippen LogP contribution in [0.25, 0.3) is 0 Å². The van der Waals surface area contributed by atoms with Crippen molar-refractivity contribution < 1.29 is 19.4 Å². The lowest BCUT2D eigenvalue weighted by molar-refractivity contribution is -0.187. The van der Waals surface area contributed by atoms with E-state index < -0.39 is 11.0 Å². The Kier molecular flexibility index (Phi) is 5.99. The first-order chi connectivity index (χ1) is 15.3. The minimum absolute atomic E-state index is 0.00264. The van der Waals surface area contributed by atoms with Crippen LogP contribution < -0.4 is 0 Å². The van der Waals surface area contributed by atoms with Gasteiger partial charge in [0.1, 0.15) is 11.4 Å². The maximum absolute atomic E-state index is 13.2. The SMILES string of the molecule is CC(=O)O[C@]12CC[C@@H](N(C)C(=O)c3ccccc3)C[C@]1(c1cccc(O)c1)CCN(C)C2. The average molecular weight is 437 g/mol. The molecule has 1 heterocycles. The van der Waals surface area contributed by atoms with Crippen LogP contribution in [0.1, 0.15) is 48.5 Å². The molecule has 32 heavy (non-hydrogen) atoms. The van der Waals surface area contributed by atoms with E-state index in [1.165, 1.54) is 6.92 Å². The van der Waals surface area contributed by atoms with E-state index in [9.17, 15) is 14.7 Å². The van der Waals surface area contributed by atoms with Crippen LogP contribution in [0.2, 0.25) is 0 Å². The van der Waals surface area contributed by atoms with Crippen LogP contribution in [-0.2, 0) is 14.9 Å². The maximum Gasteiger partial charge on any atom is 0.303 e. The van der Waals surface area contributed by atoms with E-state index in [1.807, 2.05) is 54.4 Å². The fourth-order valence-electron chi connectivity index (χ4n) is 5.85. The zero-order valence-corrected chi connectivity index (χ0v) is 19.1. The Morgan fingerprint density at radius 1 is 1.12 bits per heavy atom. The Hall–Kier alpha value is -2.86. The van der Waals surface area contributed by atoms with Crippen LogP contribution in [0.15, 0.2) is 54.6 Å². The third-order valence-corrected chi connectivity index (χ3v) is 7.41. The van der Waals surface area contributed by atoms with Crippen molar-refractivity contribution in [3.63, 3.8) is 0 Å². The summed E-state index contributed by atoms with van der Waals surface area (Å²) in [6.07, 6.45) is 2.86. The van der Waals surface area contributed by atoms with Crippen molar-refractivity contribution in [2.45, 2.75) is 49.7 Å². The summed E-state index contributed by atoms with van der Waals surface area (Å²) in [5.41, 5.74) is 0.448. The summed E-state index contributed by atoms with van der Waals surface area (Å²) in [6, 6.07) is 16.6. The van der Waals surface area contributed by atoms with E-state index in [0.717, 1.165) is 24.9 Å². The molecule has 0 aromatic heterocycles. The number of fused-ring (bicyclic) bond motifs is 1. The second-order valence-corrected chi connectivity index (χ2v) is 9.39. The molecule has 0 bridgehead atoms. The standard InChI is InChI=1S/C26H32N2O4/c1-19(29)32-26-13-12-22(28(3)24(31)20-8-5-4-6-9-20)17-25(26,14-15-27(2)18-26)21-10-7-11-23(30)16-21/h4-11,16,22,30H,12-15,17-18H2,1-3H3/t22-,25+,26+/m1/s1. The van der Waals surface area contributed by atoms with Gasteiger partial charge in [0.25, 0.3) is 5.91 Å². The summed E-state index contributed by atoms with van der Waals surface area (Å²) in [4.78, 5) is 29.5. The topological polar surface area (TPSA) is 70.1 Å². The van der Waals surface area contributed by atoms with Crippen molar-refractivity contribution in [1.82, 2.24) is 9.80 Å². The van der Waals surface area contributed by atoms with Gasteiger partial charge in [-0.3, -0.25) is 9.59 Å². The van der Waals surface area contributed by atoms with Crippen LogP contribution in [0.3, 0.4) is 0 Å². The predicted octanol–water partition coefficient (Wildman–Crippen LogP) is 3.59. The number of piperidine rings is 1. The minimum atomic E-state index is -0.702. The summed E-state index contributed by atoms with van der Waals surface area (Å²) in [6.45, 7) is 2.95. The van der Waals surface area contributed by atoms with Crippen LogP contribution >= 0.6 is 0 Å². The van der Waals surface area contributed by atoms with Crippen molar-refractivity contribution in [2.24, 2.45) is 0 Å². The van der Waals surface area contributed by atoms with Crippen molar-refractivity contribution in [1.29, 1.82) is 0 Å². The van der Waals surface area contributed by atoms with Crippen molar-refractivity contribution in [3.8, 4) is 5.75 Å². The number of carbonyl (C=O) groups is 2. The molecule has 0 radical (unpaired) electrons. The van der Waals surface area contributed by atoms with Crippen LogP contribution in [-0.4, -0.2) is 65.6 Å². The molecule has 2 aromatic rings. The number of likely N-dealkylation sites (tertiary alicyclic amines) is 1. The quantitative estimate of drug-likeness (QED) is 0.742. The van der Waals surface area contributed by atoms with Gasteiger partial charge in [-0.25, -0.2) is 0 Å². The lowest BCUT2D eigenvalue weighted by Crippen LogP contribution is -2.68. The van der Waals surface area contributed by atoms with Gasteiger partial charge in [0, 0.05) is 37.5 Å². The van der Waals surface area contributed by atoms with Gasteiger partial charge in [0.15, 0.2) is 0 Å². The molecule has 2 aromatic carbocycles. The molecule has 0 unspecified atom stereocenters. The first-order valence-corrected chi connectivity index (χ1v) is 11.3. The van der Waals surface area contributed by atoms with Crippen LogP contribution in [0, 0.1) is 0 Å². The number of ether oxygens (including phenoxy) is 1. The largest absolute Gasteiger partial charge is 0.508 e. The van der Waals surface area contributed by atoms with E-state index in [-0.39, 0.29) is 23.7 Å². The lowest BCUT2D eigenvalue weighted by Gasteiger charge is -2.59. The van der Waals surface area contributed by atoms with E-state index >= 15 is 0 Å². The molecule has 6 heteroatoms. The highest BCUT2D eigenvalue weighted by atomic mass is 16.6. The second-order valence-electron chi connectivity index (χ2n) is 9.39. The number of hydrogen-bond donors (Lipinski definition) is 1. The van der Waals surface area contributed by atoms with Crippen molar-refractivity contribution in [3.05, 3.63) is 65.7 Å². The average Bonchev–Trinajstić information content (AvgIpc) is 2.77. The smallest absolute Gasteiger partial charge is 0.303 e. The fraction of sp³-hybridized carbons (Fsp3) is 0.462. The Balaban J connectivity index is 1.75. The third kappa shape index (κ3) is 3.88. The second kappa shape index (κ2) is 8.58. The van der Waals surface area contributed by atoms with Crippen molar-refractivity contribution in [2.75, 3.05) is 27.2 Å². The zero-order chi connectivity index (χ0) is 22.9. The highest BCUT2D eigenvalue weighted by Crippen LogP contribution is 2.54. The number of phenolic OH excluding ortho intramolecular Hbond substituents is 1. The van der Waals surface area contributed by atoms with E-state index in [0.29, 0.717) is 24.9 Å². The Labute approximate surface area is 189 Å². The Bertz CT molecular complexity index is 994. The van der Waals surface area contributed by atoms with E-state index in [1.54, 1.807) is 12.1 Å². The summed E-state index contributed by atoms with van der Waals surface area (Å²) in [5.74, 6) is -0.102. The molecular weight excluding hydrogens is 404 g/mol. The number of benzene rings is 2. The molecule has 3 atom stereocenters. The molecule has 1 saturated heterocycles. The highest BCUT2D eigenvalue weighted by molar-refractivity contribution is 5.94. The van der Waals surface area contributed by atoms with Gasteiger partial charge < -0.3 is 19.6 Å². The first-order valence-electron chi connectivity index (χ1n) is 11.3. The predicted molar refractivity (Wildman–Crippen MR) is 123 cm³/mol. The normalized spacial score (nSPS) is 27.9. The molecule has 2 aliphatic rings. The fourth-order valence-corrected chi connectivity index (χ4v) is 5.85. The molecule has 0 spiro atoms. The molecular formula is C26H32N2O4. The number of carbonyl (C=O) groups excluding carboxylic acids is 2. The van der Waals surface area contributed by atoms with Crippen LogP contribution in [0.5, 0.6) is 5.75 Å². The van der Waals surface area contributed by atoms with Gasteiger partial charge in [0.2, 0.25) is 0 Å².